The van der Waals surface area contributed by atoms with E-state index < -0.39 is 36.4 Å². The van der Waals surface area contributed by atoms with Crippen molar-refractivity contribution in [2.75, 3.05) is 6.79 Å². The van der Waals surface area contributed by atoms with Crippen LogP contribution in [0, 0.1) is 0 Å². The molecule has 4 heterocycles. The number of benzene rings is 2. The van der Waals surface area contributed by atoms with Crippen molar-refractivity contribution in [1.82, 2.24) is 15.2 Å². The molecule has 0 radical (unpaired) electrons. The number of hydrogen-bond acceptors (Lipinski definition) is 5. The van der Waals surface area contributed by atoms with Gasteiger partial charge in [0.25, 0.3) is 0 Å². The summed E-state index contributed by atoms with van der Waals surface area (Å²) >= 11 is 0. The topological polar surface area (TPSA) is 121 Å². The lowest BCUT2D eigenvalue weighted by atomic mass is 9.85. The summed E-state index contributed by atoms with van der Waals surface area (Å²) in [6.07, 6.45) is -0.126. The van der Waals surface area contributed by atoms with Crippen LogP contribution in [0.25, 0.3) is 10.9 Å². The summed E-state index contributed by atoms with van der Waals surface area (Å²) in [7, 11) is 0. The number of carboxylic acids is 1. The molecule has 0 bridgehead atoms. The average molecular weight is 433 g/mol. The molecule has 9 nitrogen and oxygen atoms in total. The second-order valence-electron chi connectivity index (χ2n) is 8.20. The molecule has 162 valence electrons. The number of aromatic amines is 1. The van der Waals surface area contributed by atoms with E-state index in [9.17, 15) is 19.5 Å². The van der Waals surface area contributed by atoms with E-state index in [0.29, 0.717) is 17.9 Å². The number of carbonyl (C=O) groups excluding carboxylic acids is 2. The molecule has 0 saturated carbocycles. The molecule has 1 aromatic heterocycles. The quantitative estimate of drug-likeness (QED) is 0.578. The predicted octanol–water partition coefficient (Wildman–Crippen LogP) is 1.71. The molecule has 2 aromatic carbocycles. The number of piperazine rings is 1. The summed E-state index contributed by atoms with van der Waals surface area (Å²) in [5.41, 5.74) is 3.46. The van der Waals surface area contributed by atoms with Gasteiger partial charge in [0.2, 0.25) is 18.6 Å². The highest BCUT2D eigenvalue weighted by molar-refractivity contribution is 6.00. The Balaban J connectivity index is 1.55. The Morgan fingerprint density at radius 2 is 1.94 bits per heavy atom. The second-order valence-corrected chi connectivity index (χ2v) is 8.20. The largest absolute Gasteiger partial charge is 0.481 e. The average Bonchev–Trinajstić information content (AvgIpc) is 3.39. The summed E-state index contributed by atoms with van der Waals surface area (Å²) in [5, 5.41) is 12.9. The van der Waals surface area contributed by atoms with E-state index in [2.05, 4.69) is 10.3 Å². The smallest absolute Gasteiger partial charge is 0.305 e. The molecule has 6 rings (SSSR count). The fourth-order valence-corrected chi connectivity index (χ4v) is 5.02. The molecule has 2 amide bonds. The van der Waals surface area contributed by atoms with E-state index in [4.69, 9.17) is 9.47 Å². The minimum atomic E-state index is -1.15. The van der Waals surface area contributed by atoms with Gasteiger partial charge in [-0.15, -0.1) is 0 Å². The van der Waals surface area contributed by atoms with Crippen LogP contribution in [-0.4, -0.2) is 51.7 Å². The van der Waals surface area contributed by atoms with Gasteiger partial charge in [-0.1, -0.05) is 24.3 Å². The van der Waals surface area contributed by atoms with Crippen molar-refractivity contribution in [3.05, 3.63) is 59.3 Å². The van der Waals surface area contributed by atoms with E-state index in [1.54, 1.807) is 6.07 Å². The third kappa shape index (κ3) is 2.67. The Morgan fingerprint density at radius 3 is 2.78 bits per heavy atom. The molecule has 1 unspecified atom stereocenters. The first-order valence-corrected chi connectivity index (χ1v) is 10.3. The Bertz CT molecular complexity index is 1300. The van der Waals surface area contributed by atoms with Crippen LogP contribution in [-0.2, 0) is 20.8 Å². The number of carbonyl (C=O) groups is 3. The van der Waals surface area contributed by atoms with Crippen molar-refractivity contribution < 1.29 is 29.0 Å². The maximum absolute atomic E-state index is 13.5. The molecule has 32 heavy (non-hydrogen) atoms. The minimum Gasteiger partial charge on any atom is -0.481 e. The summed E-state index contributed by atoms with van der Waals surface area (Å²) in [4.78, 5) is 42.8. The number of carboxylic acid groups (broad SMARTS) is 1. The normalized spacial score (nSPS) is 23.6. The van der Waals surface area contributed by atoms with Crippen molar-refractivity contribution in [2.24, 2.45) is 0 Å². The number of aliphatic carboxylic acids is 1. The van der Waals surface area contributed by atoms with Crippen molar-refractivity contribution in [1.29, 1.82) is 0 Å². The lowest BCUT2D eigenvalue weighted by Gasteiger charge is -2.46. The van der Waals surface area contributed by atoms with Crippen LogP contribution in [0.5, 0.6) is 11.5 Å². The lowest BCUT2D eigenvalue weighted by molar-refractivity contribution is -0.154. The zero-order valence-corrected chi connectivity index (χ0v) is 16.8. The third-order valence-electron chi connectivity index (χ3n) is 6.39. The van der Waals surface area contributed by atoms with Crippen LogP contribution >= 0.6 is 0 Å². The molecule has 3 atom stereocenters. The number of nitrogens with one attached hydrogen (secondary N) is 2. The SMILES string of the molecule is O=C(O)C[C@@H]1NC(=O)C2Cc3c([nH]c4ccccc34)[C@@H](c3ccc4c(c3)OCO4)N2C1=O. The summed E-state index contributed by atoms with van der Waals surface area (Å²) in [6.45, 7) is 0.120. The number of nitrogens with zero attached hydrogens (tertiary/aromatic N) is 1. The number of para-hydroxylation sites is 1. The number of amides is 2. The molecule has 3 aromatic rings. The van der Waals surface area contributed by atoms with Crippen LogP contribution in [0.15, 0.2) is 42.5 Å². The van der Waals surface area contributed by atoms with Gasteiger partial charge >= 0.3 is 5.97 Å². The molecule has 0 aliphatic carbocycles. The fraction of sp³-hybridized carbons (Fsp3) is 0.261. The van der Waals surface area contributed by atoms with Gasteiger partial charge in [-0.05, 0) is 29.3 Å². The number of ether oxygens (including phenoxy) is 2. The lowest BCUT2D eigenvalue weighted by Crippen LogP contribution is -2.66. The number of rotatable bonds is 3. The van der Waals surface area contributed by atoms with Gasteiger partial charge < -0.3 is 29.8 Å². The summed E-state index contributed by atoms with van der Waals surface area (Å²) in [6, 6.07) is 10.8. The van der Waals surface area contributed by atoms with Crippen LogP contribution in [0.3, 0.4) is 0 Å². The summed E-state index contributed by atoms with van der Waals surface area (Å²) < 4.78 is 11.0. The number of fused-ring (bicyclic) bond motifs is 5. The first kappa shape index (κ1) is 18.7. The molecule has 9 heteroatoms. The maximum Gasteiger partial charge on any atom is 0.305 e. The molecule has 3 aliphatic heterocycles. The zero-order chi connectivity index (χ0) is 22.0. The van der Waals surface area contributed by atoms with Gasteiger partial charge in [0.05, 0.1) is 12.5 Å². The number of aromatic nitrogens is 1. The monoisotopic (exact) mass is 433 g/mol. The Labute approximate surface area is 181 Å². The second kappa shape index (κ2) is 6.74. The van der Waals surface area contributed by atoms with Gasteiger partial charge in [-0.3, -0.25) is 14.4 Å². The van der Waals surface area contributed by atoms with Gasteiger partial charge in [-0.25, -0.2) is 0 Å². The molecule has 1 saturated heterocycles. The number of hydrogen-bond donors (Lipinski definition) is 3. The van der Waals surface area contributed by atoms with Gasteiger partial charge in [0.15, 0.2) is 11.5 Å². The molecule has 0 spiro atoms. The van der Waals surface area contributed by atoms with E-state index in [1.165, 1.54) is 4.90 Å². The standard InChI is InChI=1S/C23H19N3O6/c27-19(28)9-15-23(30)26-16(22(29)25-15)8-13-12-3-1-2-4-14(12)24-20(13)21(26)11-5-6-17-18(7-11)32-10-31-17/h1-7,15-16,21,24H,8-10H2,(H,25,29)(H,27,28)/t15-,16?,21+/m0/s1. The van der Waals surface area contributed by atoms with Crippen molar-refractivity contribution >= 4 is 28.7 Å². The molecular formula is C23H19N3O6. The highest BCUT2D eigenvalue weighted by Gasteiger charge is 2.49. The summed E-state index contributed by atoms with van der Waals surface area (Å²) in [5.74, 6) is -0.728. The fourth-order valence-electron chi connectivity index (χ4n) is 5.02. The van der Waals surface area contributed by atoms with Gasteiger partial charge in [-0.2, -0.15) is 0 Å². The van der Waals surface area contributed by atoms with Crippen LogP contribution < -0.4 is 14.8 Å². The Morgan fingerprint density at radius 1 is 1.12 bits per heavy atom. The molecule has 3 aliphatic rings. The van der Waals surface area contributed by atoms with Gasteiger partial charge in [0, 0.05) is 23.0 Å². The highest BCUT2D eigenvalue weighted by Crippen LogP contribution is 2.44. The predicted molar refractivity (Wildman–Crippen MR) is 111 cm³/mol. The Kier molecular flexibility index (Phi) is 3.95. The van der Waals surface area contributed by atoms with E-state index in [-0.39, 0.29) is 12.7 Å². The highest BCUT2D eigenvalue weighted by atomic mass is 16.7. The molecular weight excluding hydrogens is 414 g/mol. The van der Waals surface area contributed by atoms with Crippen molar-refractivity contribution in [3.63, 3.8) is 0 Å². The molecule has 1 fully saturated rings. The maximum atomic E-state index is 13.5. The minimum absolute atomic E-state index is 0.120. The van der Waals surface area contributed by atoms with Crippen LogP contribution in [0.2, 0.25) is 0 Å². The first-order valence-electron chi connectivity index (χ1n) is 10.3. The number of H-pyrrole nitrogens is 1. The molecule has 3 N–H and O–H groups in total. The Hall–Kier alpha value is -4.01. The van der Waals surface area contributed by atoms with Crippen molar-refractivity contribution in [3.8, 4) is 11.5 Å². The van der Waals surface area contributed by atoms with E-state index in [0.717, 1.165) is 27.7 Å². The van der Waals surface area contributed by atoms with Crippen LogP contribution in [0.4, 0.5) is 0 Å². The van der Waals surface area contributed by atoms with Crippen molar-refractivity contribution in [2.45, 2.75) is 31.0 Å². The van der Waals surface area contributed by atoms with E-state index in [1.807, 2.05) is 36.4 Å². The van der Waals surface area contributed by atoms with Gasteiger partial charge in [0.1, 0.15) is 12.1 Å². The van der Waals surface area contributed by atoms with Crippen LogP contribution in [0.1, 0.15) is 29.3 Å². The zero-order valence-electron chi connectivity index (χ0n) is 16.8. The first-order chi connectivity index (χ1) is 15.5. The third-order valence-corrected chi connectivity index (χ3v) is 6.39. The van der Waals surface area contributed by atoms with E-state index >= 15 is 0 Å².